The van der Waals surface area contributed by atoms with Crippen molar-refractivity contribution < 1.29 is 0 Å². The lowest BCUT2D eigenvalue weighted by atomic mass is 10.1. The molecule has 1 aliphatic rings. The third-order valence-electron chi connectivity index (χ3n) is 2.73. The van der Waals surface area contributed by atoms with Gasteiger partial charge in [0.1, 0.15) is 5.82 Å². The Hall–Kier alpha value is -0.460. The largest absolute Gasteiger partial charge is 0.310 e. The van der Waals surface area contributed by atoms with E-state index in [-0.39, 0.29) is 11.1 Å². The van der Waals surface area contributed by atoms with Crippen LogP contribution in [0.4, 0.5) is 0 Å². The molecule has 2 rings (SSSR count). The highest BCUT2D eigenvalue weighted by Gasteiger charge is 2.19. The molecule has 4 nitrogen and oxygen atoms in total. The van der Waals surface area contributed by atoms with Gasteiger partial charge in [0.25, 0.3) is 5.56 Å². The molecule has 19 heavy (non-hydrogen) atoms. The maximum absolute atomic E-state index is 11.7. The number of H-pyrrole nitrogens is 1. The molecular formula is C13H21N3OS2. The SMILES string of the molecule is CC(C)(C)NCc1cc(=O)[nH]c(C2CSCCS2)n1. The Morgan fingerprint density at radius 2 is 2.26 bits per heavy atom. The number of thioether (sulfide) groups is 2. The number of hydrogen-bond acceptors (Lipinski definition) is 5. The fraction of sp³-hybridized carbons (Fsp3) is 0.692. The summed E-state index contributed by atoms with van der Waals surface area (Å²) in [6.45, 7) is 6.95. The Labute approximate surface area is 122 Å². The summed E-state index contributed by atoms with van der Waals surface area (Å²) in [5, 5.41) is 3.69. The highest BCUT2D eigenvalue weighted by Crippen LogP contribution is 2.34. The van der Waals surface area contributed by atoms with Gasteiger partial charge in [0.15, 0.2) is 0 Å². The fourth-order valence-corrected chi connectivity index (χ4v) is 4.40. The molecule has 0 aliphatic carbocycles. The molecule has 0 spiro atoms. The van der Waals surface area contributed by atoms with Gasteiger partial charge in [-0.05, 0) is 20.8 Å². The summed E-state index contributed by atoms with van der Waals surface area (Å²) in [6, 6.07) is 1.59. The van der Waals surface area contributed by atoms with Gasteiger partial charge < -0.3 is 10.3 Å². The molecule has 0 amide bonds. The minimum Gasteiger partial charge on any atom is -0.310 e. The van der Waals surface area contributed by atoms with Crippen molar-refractivity contribution >= 4 is 23.5 Å². The molecule has 2 N–H and O–H groups in total. The Bertz CT molecular complexity index is 476. The minimum atomic E-state index is -0.0492. The summed E-state index contributed by atoms with van der Waals surface area (Å²) in [6.07, 6.45) is 0. The number of aromatic nitrogens is 2. The van der Waals surface area contributed by atoms with Crippen LogP contribution in [0.25, 0.3) is 0 Å². The van der Waals surface area contributed by atoms with Crippen molar-refractivity contribution in [3.8, 4) is 0 Å². The Morgan fingerprint density at radius 3 is 2.89 bits per heavy atom. The molecule has 1 aromatic rings. The van der Waals surface area contributed by atoms with E-state index in [4.69, 9.17) is 0 Å². The zero-order valence-corrected chi connectivity index (χ0v) is 13.3. The van der Waals surface area contributed by atoms with Crippen LogP contribution in [0.5, 0.6) is 0 Å². The second kappa shape index (κ2) is 6.33. The fourth-order valence-electron chi connectivity index (χ4n) is 1.77. The molecule has 1 saturated heterocycles. The van der Waals surface area contributed by atoms with Crippen molar-refractivity contribution in [1.29, 1.82) is 0 Å². The molecule has 1 fully saturated rings. The van der Waals surface area contributed by atoms with Crippen molar-refractivity contribution in [3.05, 3.63) is 27.9 Å². The number of nitrogens with one attached hydrogen (secondary N) is 2. The number of hydrogen-bond donors (Lipinski definition) is 2. The summed E-state index contributed by atoms with van der Waals surface area (Å²) in [5.74, 6) is 4.18. The second-order valence-electron chi connectivity index (χ2n) is 5.66. The number of aromatic amines is 1. The van der Waals surface area contributed by atoms with Crippen LogP contribution in [0.2, 0.25) is 0 Å². The summed E-state index contributed by atoms with van der Waals surface area (Å²) in [5.41, 5.74) is 0.802. The van der Waals surface area contributed by atoms with Crippen LogP contribution in [0, 0.1) is 0 Å². The van der Waals surface area contributed by atoms with Gasteiger partial charge in [-0.25, -0.2) is 4.98 Å². The molecule has 106 valence electrons. The topological polar surface area (TPSA) is 57.8 Å². The van der Waals surface area contributed by atoms with Crippen LogP contribution in [-0.4, -0.2) is 32.8 Å². The van der Waals surface area contributed by atoms with Crippen molar-refractivity contribution in [2.75, 3.05) is 17.3 Å². The van der Waals surface area contributed by atoms with Gasteiger partial charge in [0.05, 0.1) is 10.9 Å². The zero-order chi connectivity index (χ0) is 13.9. The van der Waals surface area contributed by atoms with E-state index in [1.54, 1.807) is 6.07 Å². The minimum absolute atomic E-state index is 0.0277. The van der Waals surface area contributed by atoms with E-state index in [0.717, 1.165) is 23.0 Å². The summed E-state index contributed by atoms with van der Waals surface area (Å²) >= 11 is 3.81. The van der Waals surface area contributed by atoms with Crippen LogP contribution in [0.3, 0.4) is 0 Å². The van der Waals surface area contributed by atoms with Crippen molar-refractivity contribution in [2.24, 2.45) is 0 Å². The lowest BCUT2D eigenvalue weighted by Gasteiger charge is -2.22. The van der Waals surface area contributed by atoms with Gasteiger partial charge in [-0.3, -0.25) is 4.79 Å². The lowest BCUT2D eigenvalue weighted by molar-refractivity contribution is 0.420. The molecule has 1 unspecified atom stereocenters. The molecule has 0 saturated carbocycles. The van der Waals surface area contributed by atoms with Crippen LogP contribution in [0.15, 0.2) is 10.9 Å². The van der Waals surface area contributed by atoms with Crippen LogP contribution in [-0.2, 0) is 6.54 Å². The molecule has 1 atom stereocenters. The van der Waals surface area contributed by atoms with Crippen LogP contribution >= 0.6 is 23.5 Å². The predicted molar refractivity (Wildman–Crippen MR) is 84.0 cm³/mol. The normalized spacial score (nSPS) is 20.5. The van der Waals surface area contributed by atoms with E-state index in [2.05, 4.69) is 36.1 Å². The first-order valence-electron chi connectivity index (χ1n) is 6.48. The first-order valence-corrected chi connectivity index (χ1v) is 8.69. The maximum atomic E-state index is 11.7. The molecule has 1 aliphatic heterocycles. The molecule has 0 aromatic carbocycles. The quantitative estimate of drug-likeness (QED) is 0.896. The molecular weight excluding hydrogens is 278 g/mol. The molecule has 0 radical (unpaired) electrons. The van der Waals surface area contributed by atoms with Gasteiger partial charge >= 0.3 is 0 Å². The predicted octanol–water partition coefficient (Wildman–Crippen LogP) is 2.18. The van der Waals surface area contributed by atoms with E-state index >= 15 is 0 Å². The third kappa shape index (κ3) is 4.85. The second-order valence-corrected chi connectivity index (χ2v) is 8.12. The van der Waals surface area contributed by atoms with Gasteiger partial charge in [-0.2, -0.15) is 11.8 Å². The molecule has 0 bridgehead atoms. The average molecular weight is 299 g/mol. The lowest BCUT2D eigenvalue weighted by Crippen LogP contribution is -2.35. The maximum Gasteiger partial charge on any atom is 0.251 e. The monoisotopic (exact) mass is 299 g/mol. The molecule has 2 heterocycles. The summed E-state index contributed by atoms with van der Waals surface area (Å²) < 4.78 is 0. The van der Waals surface area contributed by atoms with Crippen molar-refractivity contribution in [3.63, 3.8) is 0 Å². The smallest absolute Gasteiger partial charge is 0.251 e. The van der Waals surface area contributed by atoms with Crippen LogP contribution < -0.4 is 10.9 Å². The first kappa shape index (κ1) is 14.9. The third-order valence-corrected chi connectivity index (χ3v) is 5.50. The van der Waals surface area contributed by atoms with E-state index < -0.39 is 0 Å². The number of rotatable bonds is 3. The van der Waals surface area contributed by atoms with Gasteiger partial charge in [0, 0.05) is 35.4 Å². The Kier molecular flexibility index (Phi) is 4.97. The molecule has 6 heteroatoms. The van der Waals surface area contributed by atoms with Crippen LogP contribution in [0.1, 0.15) is 37.5 Å². The van der Waals surface area contributed by atoms with E-state index in [1.807, 2.05) is 23.5 Å². The van der Waals surface area contributed by atoms with E-state index in [1.165, 1.54) is 5.75 Å². The standard InChI is InChI=1S/C13H21N3OS2/c1-13(2,3)14-7-9-6-11(17)16-12(15-9)10-8-18-4-5-19-10/h6,10,14H,4-5,7-8H2,1-3H3,(H,15,16,17). The summed E-state index contributed by atoms with van der Waals surface area (Å²) in [7, 11) is 0. The molecule has 1 aromatic heterocycles. The Balaban J connectivity index is 2.12. The van der Waals surface area contributed by atoms with E-state index in [0.29, 0.717) is 11.8 Å². The highest BCUT2D eigenvalue weighted by atomic mass is 32.2. The van der Waals surface area contributed by atoms with E-state index in [9.17, 15) is 4.79 Å². The van der Waals surface area contributed by atoms with Gasteiger partial charge in [0.2, 0.25) is 0 Å². The zero-order valence-electron chi connectivity index (χ0n) is 11.7. The summed E-state index contributed by atoms with van der Waals surface area (Å²) in [4.78, 5) is 19.2. The number of nitrogens with zero attached hydrogens (tertiary/aromatic N) is 1. The van der Waals surface area contributed by atoms with Crippen molar-refractivity contribution in [1.82, 2.24) is 15.3 Å². The van der Waals surface area contributed by atoms with Gasteiger partial charge in [-0.1, -0.05) is 0 Å². The highest BCUT2D eigenvalue weighted by molar-refractivity contribution is 8.06. The Morgan fingerprint density at radius 1 is 1.47 bits per heavy atom. The first-order chi connectivity index (χ1) is 8.94. The van der Waals surface area contributed by atoms with Gasteiger partial charge in [-0.15, -0.1) is 11.8 Å². The van der Waals surface area contributed by atoms with Crippen molar-refractivity contribution in [2.45, 2.75) is 38.1 Å². The average Bonchev–Trinajstić information content (AvgIpc) is 2.36.